The van der Waals surface area contributed by atoms with Gasteiger partial charge in [-0.2, -0.15) is 4.98 Å². The highest BCUT2D eigenvalue weighted by Crippen LogP contribution is 2.24. The average Bonchev–Trinajstić information content (AvgIpc) is 3.21. The van der Waals surface area contributed by atoms with Crippen LogP contribution in [0.25, 0.3) is 22.3 Å². The zero-order valence-electron chi connectivity index (χ0n) is 10.9. The van der Waals surface area contributed by atoms with Crippen LogP contribution in [0.4, 0.5) is 0 Å². The van der Waals surface area contributed by atoms with Crippen molar-refractivity contribution in [3.8, 4) is 11.5 Å². The molecule has 5 nitrogen and oxygen atoms in total. The molecule has 1 aliphatic rings. The van der Waals surface area contributed by atoms with Gasteiger partial charge in [0.2, 0.25) is 11.7 Å². The van der Waals surface area contributed by atoms with Crippen LogP contribution in [0.15, 0.2) is 41.1 Å². The van der Waals surface area contributed by atoms with Crippen molar-refractivity contribution in [3.63, 3.8) is 0 Å². The molecule has 1 aliphatic carbocycles. The van der Waals surface area contributed by atoms with E-state index >= 15 is 0 Å². The van der Waals surface area contributed by atoms with Crippen molar-refractivity contribution in [1.82, 2.24) is 20.4 Å². The van der Waals surface area contributed by atoms with E-state index in [-0.39, 0.29) is 0 Å². The Hall–Kier alpha value is -2.27. The average molecular weight is 266 g/mol. The zero-order chi connectivity index (χ0) is 13.4. The van der Waals surface area contributed by atoms with Gasteiger partial charge in [-0.1, -0.05) is 29.4 Å². The molecule has 0 amide bonds. The normalized spacial score (nSPS) is 14.8. The molecule has 1 fully saturated rings. The van der Waals surface area contributed by atoms with Gasteiger partial charge >= 0.3 is 0 Å². The Kier molecular flexibility index (Phi) is 2.70. The molecule has 5 heteroatoms. The molecule has 1 aromatic carbocycles. The van der Waals surface area contributed by atoms with Crippen molar-refractivity contribution in [2.45, 2.75) is 25.4 Å². The highest BCUT2D eigenvalue weighted by Gasteiger charge is 2.21. The number of hydrogen-bond donors (Lipinski definition) is 1. The Morgan fingerprint density at radius 2 is 2.10 bits per heavy atom. The molecule has 0 spiro atoms. The predicted octanol–water partition coefficient (Wildman–Crippen LogP) is 2.54. The number of benzene rings is 1. The number of nitrogens with zero attached hydrogens (tertiary/aromatic N) is 3. The topological polar surface area (TPSA) is 63.8 Å². The van der Waals surface area contributed by atoms with Crippen LogP contribution in [0, 0.1) is 0 Å². The summed E-state index contributed by atoms with van der Waals surface area (Å²) in [6.07, 6.45) is 4.26. The summed E-state index contributed by atoms with van der Waals surface area (Å²) in [6.45, 7) is 0.627. The van der Waals surface area contributed by atoms with Gasteiger partial charge in [0, 0.05) is 17.6 Å². The minimum absolute atomic E-state index is 0.550. The molecule has 0 saturated heterocycles. The monoisotopic (exact) mass is 266 g/mol. The van der Waals surface area contributed by atoms with Gasteiger partial charge in [-0.3, -0.25) is 4.98 Å². The lowest BCUT2D eigenvalue weighted by Gasteiger charge is -2.00. The third kappa shape index (κ3) is 2.16. The van der Waals surface area contributed by atoms with Crippen LogP contribution in [-0.2, 0) is 6.54 Å². The minimum Gasteiger partial charge on any atom is -0.337 e. The third-order valence-corrected chi connectivity index (χ3v) is 3.47. The summed E-state index contributed by atoms with van der Waals surface area (Å²) in [5.41, 5.74) is 0.768. The van der Waals surface area contributed by atoms with Gasteiger partial charge in [-0.05, 0) is 24.3 Å². The van der Waals surface area contributed by atoms with Gasteiger partial charge in [0.05, 0.1) is 6.54 Å². The predicted molar refractivity (Wildman–Crippen MR) is 74.9 cm³/mol. The Morgan fingerprint density at radius 3 is 3.00 bits per heavy atom. The highest BCUT2D eigenvalue weighted by molar-refractivity contribution is 5.92. The van der Waals surface area contributed by atoms with E-state index in [1.165, 1.54) is 12.8 Å². The maximum atomic E-state index is 5.28. The SMILES string of the molecule is c1ccc2c(-c3noc(CNC4CC4)n3)nccc2c1. The Bertz CT molecular complexity index is 743. The number of hydrogen-bond acceptors (Lipinski definition) is 5. The smallest absolute Gasteiger partial charge is 0.240 e. The van der Waals surface area contributed by atoms with Crippen LogP contribution in [-0.4, -0.2) is 21.2 Å². The second-order valence-corrected chi connectivity index (χ2v) is 5.05. The summed E-state index contributed by atoms with van der Waals surface area (Å²) in [6, 6.07) is 10.7. The second kappa shape index (κ2) is 4.68. The summed E-state index contributed by atoms with van der Waals surface area (Å²) in [5.74, 6) is 1.16. The molecule has 1 N–H and O–H groups in total. The van der Waals surface area contributed by atoms with Crippen molar-refractivity contribution in [3.05, 3.63) is 42.4 Å². The highest BCUT2D eigenvalue weighted by atomic mass is 16.5. The van der Waals surface area contributed by atoms with E-state index in [1.54, 1.807) is 6.20 Å². The first kappa shape index (κ1) is 11.5. The fourth-order valence-electron chi connectivity index (χ4n) is 2.24. The molecule has 20 heavy (non-hydrogen) atoms. The lowest BCUT2D eigenvalue weighted by atomic mass is 10.1. The molecular weight excluding hydrogens is 252 g/mol. The summed E-state index contributed by atoms with van der Waals surface area (Å²) in [5, 5.41) is 9.57. The first-order valence-corrected chi connectivity index (χ1v) is 6.80. The molecule has 1 saturated carbocycles. The molecule has 3 aromatic rings. The Balaban J connectivity index is 1.67. The van der Waals surface area contributed by atoms with Gasteiger partial charge in [0.25, 0.3) is 0 Å². The molecule has 2 heterocycles. The van der Waals surface area contributed by atoms with Crippen LogP contribution < -0.4 is 5.32 Å². The first-order valence-electron chi connectivity index (χ1n) is 6.80. The number of pyridine rings is 1. The van der Waals surface area contributed by atoms with E-state index in [4.69, 9.17) is 4.52 Å². The van der Waals surface area contributed by atoms with E-state index < -0.39 is 0 Å². The van der Waals surface area contributed by atoms with Crippen LogP contribution in [0.3, 0.4) is 0 Å². The van der Waals surface area contributed by atoms with Crippen LogP contribution in [0.1, 0.15) is 18.7 Å². The summed E-state index contributed by atoms with van der Waals surface area (Å²) < 4.78 is 5.28. The molecule has 0 aliphatic heterocycles. The number of nitrogens with one attached hydrogen (secondary N) is 1. The van der Waals surface area contributed by atoms with Crippen LogP contribution in [0.2, 0.25) is 0 Å². The van der Waals surface area contributed by atoms with Crippen LogP contribution >= 0.6 is 0 Å². The quantitative estimate of drug-likeness (QED) is 0.786. The number of rotatable bonds is 4. The molecule has 0 radical (unpaired) electrons. The van der Waals surface area contributed by atoms with Gasteiger partial charge in [-0.15, -0.1) is 0 Å². The van der Waals surface area contributed by atoms with Crippen molar-refractivity contribution in [2.24, 2.45) is 0 Å². The molecule has 0 atom stereocenters. The largest absolute Gasteiger partial charge is 0.337 e. The molecule has 4 rings (SSSR count). The van der Waals surface area contributed by atoms with E-state index in [1.807, 2.05) is 24.3 Å². The molecule has 0 unspecified atom stereocenters. The lowest BCUT2D eigenvalue weighted by molar-refractivity contribution is 0.367. The summed E-state index contributed by atoms with van der Waals surface area (Å²) in [7, 11) is 0. The maximum absolute atomic E-state index is 5.28. The van der Waals surface area contributed by atoms with Crippen molar-refractivity contribution >= 4 is 10.8 Å². The molecule has 0 bridgehead atoms. The van der Waals surface area contributed by atoms with E-state index in [0.29, 0.717) is 24.3 Å². The zero-order valence-corrected chi connectivity index (χ0v) is 10.9. The van der Waals surface area contributed by atoms with E-state index in [2.05, 4.69) is 26.5 Å². The van der Waals surface area contributed by atoms with Crippen molar-refractivity contribution in [1.29, 1.82) is 0 Å². The second-order valence-electron chi connectivity index (χ2n) is 5.05. The van der Waals surface area contributed by atoms with Crippen molar-refractivity contribution < 1.29 is 4.52 Å². The first-order chi connectivity index (χ1) is 9.90. The molecular formula is C15H14N4O. The number of aromatic nitrogens is 3. The third-order valence-electron chi connectivity index (χ3n) is 3.47. The Labute approximate surface area is 116 Å². The van der Waals surface area contributed by atoms with E-state index in [0.717, 1.165) is 16.5 Å². The Morgan fingerprint density at radius 1 is 1.20 bits per heavy atom. The van der Waals surface area contributed by atoms with Crippen molar-refractivity contribution in [2.75, 3.05) is 0 Å². The fourth-order valence-corrected chi connectivity index (χ4v) is 2.24. The summed E-state index contributed by atoms with van der Waals surface area (Å²) >= 11 is 0. The minimum atomic E-state index is 0.550. The lowest BCUT2D eigenvalue weighted by Crippen LogP contribution is -2.15. The van der Waals surface area contributed by atoms with Gasteiger partial charge in [0.15, 0.2) is 0 Å². The van der Waals surface area contributed by atoms with Gasteiger partial charge in [-0.25, -0.2) is 0 Å². The summed E-state index contributed by atoms with van der Waals surface area (Å²) in [4.78, 5) is 8.82. The van der Waals surface area contributed by atoms with Crippen LogP contribution in [0.5, 0.6) is 0 Å². The van der Waals surface area contributed by atoms with Gasteiger partial charge < -0.3 is 9.84 Å². The van der Waals surface area contributed by atoms with Gasteiger partial charge in [0.1, 0.15) is 5.69 Å². The number of fused-ring (bicyclic) bond motifs is 1. The van der Waals surface area contributed by atoms with E-state index in [9.17, 15) is 0 Å². The molecule has 100 valence electrons. The maximum Gasteiger partial charge on any atom is 0.240 e. The fraction of sp³-hybridized carbons (Fsp3) is 0.267. The molecule has 2 aromatic heterocycles. The standard InChI is InChI=1S/C15H14N4O/c1-2-4-12-10(3-1)7-8-16-14(12)15-18-13(20-19-15)9-17-11-5-6-11/h1-4,7-8,11,17H,5-6,9H2.